The van der Waals surface area contributed by atoms with Crippen LogP contribution in [0.5, 0.6) is 0 Å². The molecule has 0 unspecified atom stereocenters. The quantitative estimate of drug-likeness (QED) is 0.527. The van der Waals surface area contributed by atoms with Crippen molar-refractivity contribution in [3.8, 4) is 0 Å². The molecule has 2 aromatic rings. The highest BCUT2D eigenvalue weighted by Crippen LogP contribution is 2.23. The maximum Gasteiger partial charge on any atom is 0.330 e. The molecule has 0 aliphatic carbocycles. The first-order valence-corrected chi connectivity index (χ1v) is 9.97. The number of nitrogens with zero attached hydrogens (tertiary/aromatic N) is 2. The number of aromatic nitrogens is 1. The molecule has 1 aromatic heterocycles. The lowest BCUT2D eigenvalue weighted by atomic mass is 10.00. The number of ether oxygens (including phenoxy) is 1. The highest BCUT2D eigenvalue weighted by molar-refractivity contribution is 5.87. The minimum absolute atomic E-state index is 0.349. The van der Waals surface area contributed by atoms with Crippen LogP contribution < -0.4 is 0 Å². The summed E-state index contributed by atoms with van der Waals surface area (Å²) in [5, 5.41) is 0. The number of esters is 1. The molecule has 146 valence electrons. The molecule has 4 nitrogen and oxygen atoms in total. The largest absolute Gasteiger partial charge is 0.463 e. The van der Waals surface area contributed by atoms with E-state index in [4.69, 9.17) is 9.72 Å². The smallest absolute Gasteiger partial charge is 0.330 e. The predicted octanol–water partition coefficient (Wildman–Crippen LogP) is 4.49. The Morgan fingerprint density at radius 1 is 1.14 bits per heavy atom. The second-order valence-electron chi connectivity index (χ2n) is 7.02. The molecular weight excluding hydrogens is 348 g/mol. The minimum Gasteiger partial charge on any atom is -0.463 e. The third-order valence-corrected chi connectivity index (χ3v) is 4.84. The lowest BCUT2D eigenvalue weighted by molar-refractivity contribution is -0.137. The number of benzene rings is 1. The first kappa shape index (κ1) is 20.0. The van der Waals surface area contributed by atoms with E-state index < -0.39 is 0 Å². The van der Waals surface area contributed by atoms with Crippen LogP contribution in [0, 0.1) is 6.92 Å². The molecule has 4 heteroatoms. The molecule has 0 amide bonds. The van der Waals surface area contributed by atoms with Crippen molar-refractivity contribution in [3.05, 3.63) is 77.1 Å². The van der Waals surface area contributed by atoms with Crippen LogP contribution >= 0.6 is 0 Å². The van der Waals surface area contributed by atoms with Gasteiger partial charge in [0.05, 0.1) is 18.0 Å². The molecule has 0 N–H and O–H groups in total. The summed E-state index contributed by atoms with van der Waals surface area (Å²) in [6.07, 6.45) is 7.96. The number of likely N-dealkylation sites (tertiary alicyclic amines) is 1. The highest BCUT2D eigenvalue weighted by Gasteiger charge is 2.12. The van der Waals surface area contributed by atoms with Gasteiger partial charge in [-0.2, -0.15) is 0 Å². The molecule has 0 saturated carbocycles. The molecule has 2 heterocycles. The third-order valence-electron chi connectivity index (χ3n) is 4.84. The van der Waals surface area contributed by atoms with Gasteiger partial charge in [0, 0.05) is 18.2 Å². The Morgan fingerprint density at radius 3 is 2.61 bits per heavy atom. The van der Waals surface area contributed by atoms with Crippen molar-refractivity contribution in [2.24, 2.45) is 0 Å². The number of hydrogen-bond donors (Lipinski definition) is 0. The van der Waals surface area contributed by atoms with E-state index in [1.807, 2.05) is 18.2 Å². The van der Waals surface area contributed by atoms with Crippen molar-refractivity contribution >= 4 is 17.6 Å². The average molecular weight is 377 g/mol. The number of carbonyl (C=O) groups is 1. The summed E-state index contributed by atoms with van der Waals surface area (Å²) in [5.74, 6) is -0.349. The molecule has 1 fully saturated rings. The first-order valence-electron chi connectivity index (χ1n) is 9.97. The van der Waals surface area contributed by atoms with Gasteiger partial charge in [0.1, 0.15) is 0 Å². The van der Waals surface area contributed by atoms with E-state index >= 15 is 0 Å². The lowest BCUT2D eigenvalue weighted by Crippen LogP contribution is -2.19. The Kier molecular flexibility index (Phi) is 7.15. The van der Waals surface area contributed by atoms with Gasteiger partial charge >= 0.3 is 5.97 Å². The molecule has 3 rings (SSSR count). The third kappa shape index (κ3) is 5.64. The summed E-state index contributed by atoms with van der Waals surface area (Å²) in [7, 11) is 0. The number of aryl methyl sites for hydroxylation is 1. The van der Waals surface area contributed by atoms with E-state index in [1.54, 1.807) is 13.0 Å². The molecule has 1 aromatic carbocycles. The summed E-state index contributed by atoms with van der Waals surface area (Å²) in [6.45, 7) is 7.50. The van der Waals surface area contributed by atoms with Gasteiger partial charge in [-0.25, -0.2) is 9.78 Å². The zero-order valence-electron chi connectivity index (χ0n) is 16.7. The van der Waals surface area contributed by atoms with Crippen LogP contribution in [0.25, 0.3) is 11.6 Å². The fourth-order valence-corrected chi connectivity index (χ4v) is 3.33. The van der Waals surface area contributed by atoms with Crippen molar-refractivity contribution in [2.45, 2.75) is 26.7 Å². The van der Waals surface area contributed by atoms with Crippen molar-refractivity contribution in [3.63, 3.8) is 0 Å². The number of pyridine rings is 1. The Labute approximate surface area is 167 Å². The van der Waals surface area contributed by atoms with Gasteiger partial charge in [-0.1, -0.05) is 42.0 Å². The fraction of sp³-hybridized carbons (Fsp3) is 0.333. The molecule has 0 atom stereocenters. The predicted molar refractivity (Wildman–Crippen MR) is 114 cm³/mol. The van der Waals surface area contributed by atoms with Gasteiger partial charge in [0.2, 0.25) is 0 Å². The zero-order valence-corrected chi connectivity index (χ0v) is 16.7. The Bertz CT molecular complexity index is 847. The van der Waals surface area contributed by atoms with Crippen LogP contribution in [0.15, 0.2) is 54.6 Å². The van der Waals surface area contributed by atoms with Crippen molar-refractivity contribution in [2.75, 3.05) is 26.2 Å². The first-order chi connectivity index (χ1) is 13.7. The van der Waals surface area contributed by atoms with E-state index in [1.165, 1.54) is 24.5 Å². The maximum absolute atomic E-state index is 11.6. The van der Waals surface area contributed by atoms with Gasteiger partial charge in [-0.05, 0) is 63.6 Å². The average Bonchev–Trinajstić information content (AvgIpc) is 3.22. The van der Waals surface area contributed by atoms with Crippen LogP contribution in [-0.2, 0) is 9.53 Å². The Morgan fingerprint density at radius 2 is 1.89 bits per heavy atom. The standard InChI is InChI=1S/C24H28N2O2/c1-3-28-24(27)14-13-21-7-6-8-23(25-21)22(15-18-26-16-4-5-17-26)20-11-9-19(2)10-12-20/h6-15H,3-5,16-18H2,1-2H3/b14-13+,22-15+. The fourth-order valence-electron chi connectivity index (χ4n) is 3.33. The van der Waals surface area contributed by atoms with Gasteiger partial charge in [0.25, 0.3) is 0 Å². The van der Waals surface area contributed by atoms with E-state index in [0.29, 0.717) is 6.61 Å². The van der Waals surface area contributed by atoms with Crippen molar-refractivity contribution in [1.82, 2.24) is 9.88 Å². The molecule has 0 bridgehead atoms. The SMILES string of the molecule is CCOC(=O)/C=C/c1cccc(/C(=C/CN2CCCC2)c2ccc(C)cc2)n1. The van der Waals surface area contributed by atoms with Gasteiger partial charge < -0.3 is 4.74 Å². The van der Waals surface area contributed by atoms with Gasteiger partial charge in [-0.3, -0.25) is 4.90 Å². The lowest BCUT2D eigenvalue weighted by Gasteiger charge is -2.14. The highest BCUT2D eigenvalue weighted by atomic mass is 16.5. The van der Waals surface area contributed by atoms with Crippen molar-refractivity contribution < 1.29 is 9.53 Å². The minimum atomic E-state index is -0.349. The molecule has 0 spiro atoms. The van der Waals surface area contributed by atoms with E-state index in [2.05, 4.69) is 42.2 Å². The summed E-state index contributed by atoms with van der Waals surface area (Å²) in [4.78, 5) is 18.8. The molecule has 1 aliphatic rings. The van der Waals surface area contributed by atoms with Gasteiger partial charge in [0.15, 0.2) is 0 Å². The second-order valence-corrected chi connectivity index (χ2v) is 7.02. The number of hydrogen-bond acceptors (Lipinski definition) is 4. The second kappa shape index (κ2) is 10.00. The van der Waals surface area contributed by atoms with Crippen LogP contribution in [0.1, 0.15) is 42.3 Å². The maximum atomic E-state index is 11.6. The summed E-state index contributed by atoms with van der Waals surface area (Å²) < 4.78 is 4.95. The monoisotopic (exact) mass is 376 g/mol. The summed E-state index contributed by atoms with van der Waals surface area (Å²) in [5.41, 5.74) is 5.17. The Hall–Kier alpha value is -2.72. The molecule has 1 aliphatic heterocycles. The van der Waals surface area contributed by atoms with Gasteiger partial charge in [-0.15, -0.1) is 0 Å². The topological polar surface area (TPSA) is 42.4 Å². The molecule has 1 saturated heterocycles. The molecular formula is C24H28N2O2. The van der Waals surface area contributed by atoms with E-state index in [0.717, 1.165) is 42.2 Å². The zero-order chi connectivity index (χ0) is 19.8. The van der Waals surface area contributed by atoms with Crippen LogP contribution in [-0.4, -0.2) is 42.1 Å². The Balaban J connectivity index is 1.88. The van der Waals surface area contributed by atoms with E-state index in [9.17, 15) is 4.79 Å². The number of carbonyl (C=O) groups excluding carboxylic acids is 1. The van der Waals surface area contributed by atoms with Crippen LogP contribution in [0.3, 0.4) is 0 Å². The number of rotatable bonds is 7. The molecule has 0 radical (unpaired) electrons. The van der Waals surface area contributed by atoms with E-state index in [-0.39, 0.29) is 5.97 Å². The van der Waals surface area contributed by atoms with Crippen LogP contribution in [0.4, 0.5) is 0 Å². The summed E-state index contributed by atoms with van der Waals surface area (Å²) in [6, 6.07) is 14.4. The summed E-state index contributed by atoms with van der Waals surface area (Å²) >= 11 is 0. The van der Waals surface area contributed by atoms with Crippen LogP contribution in [0.2, 0.25) is 0 Å². The van der Waals surface area contributed by atoms with Crippen molar-refractivity contribution in [1.29, 1.82) is 0 Å². The normalized spacial score (nSPS) is 15.3. The molecule has 28 heavy (non-hydrogen) atoms.